The van der Waals surface area contributed by atoms with Crippen LogP contribution in [0.2, 0.25) is 0 Å². The number of thiazole rings is 1. The lowest BCUT2D eigenvalue weighted by atomic mass is 10.2. The summed E-state index contributed by atoms with van der Waals surface area (Å²) in [5, 5.41) is 22.7. The molecule has 0 unspecified atom stereocenters. The number of hydrogen-bond acceptors (Lipinski definition) is 7. The third kappa shape index (κ3) is 4.39. The van der Waals surface area contributed by atoms with Crippen LogP contribution in [0, 0.1) is 20.2 Å². The predicted molar refractivity (Wildman–Crippen MR) is 91.8 cm³/mol. The molecule has 0 aliphatic heterocycles. The van der Waals surface area contributed by atoms with Gasteiger partial charge in [0.25, 0.3) is 11.4 Å². The second-order valence-corrected chi connectivity index (χ2v) is 5.90. The molecule has 12 heteroatoms. The van der Waals surface area contributed by atoms with Crippen LogP contribution in [0.5, 0.6) is 0 Å². The Morgan fingerprint density at radius 3 is 2.12 bits per heavy atom. The van der Waals surface area contributed by atoms with Crippen LogP contribution >= 0.6 is 11.3 Å². The van der Waals surface area contributed by atoms with Crippen LogP contribution in [0.4, 0.5) is 11.4 Å². The molecule has 0 saturated heterocycles. The molecule has 0 aliphatic carbocycles. The largest absolute Gasteiger partial charge is 0.372 e. The van der Waals surface area contributed by atoms with Crippen LogP contribution in [-0.4, -0.2) is 28.1 Å². The van der Waals surface area contributed by atoms with Crippen molar-refractivity contribution in [1.29, 1.82) is 0 Å². The van der Waals surface area contributed by atoms with Gasteiger partial charge in [0.2, 0.25) is 0 Å². The maximum Gasteiger partial charge on any atom is 0.372 e. The predicted octanol–water partition coefficient (Wildman–Crippen LogP) is 3.46. The van der Waals surface area contributed by atoms with Crippen LogP contribution in [0.25, 0.3) is 20.8 Å². The lowest BCUT2D eigenvalue weighted by Crippen LogP contribution is -1.97. The molecule has 0 radical (unpaired) electrons. The Balaban J connectivity index is 0.000000511. The number of benzene rings is 2. The lowest BCUT2D eigenvalue weighted by molar-refractivity contribution is -0.421. The normalized spacial score (nSPS) is 10.4. The Labute approximate surface area is 146 Å². The standard InChI is InChI=1S/C13H7N3O4S.H2O3S/c17-15(18)9-6-7-10-11(12(9)16(19)20)14-13(21-10)8-4-2-1-3-5-8;1-4(2)3/h1-7H;(H2,1,2,3). The minimum Gasteiger partial charge on any atom is -0.284 e. The third-order valence-electron chi connectivity index (χ3n) is 2.91. The summed E-state index contributed by atoms with van der Waals surface area (Å²) in [6.07, 6.45) is 0. The molecule has 2 aromatic carbocycles. The van der Waals surface area contributed by atoms with E-state index in [1.807, 2.05) is 30.3 Å². The Bertz CT molecular complexity index is 955. The van der Waals surface area contributed by atoms with Gasteiger partial charge in [-0.15, -0.1) is 11.3 Å². The number of nitrogens with zero attached hydrogens (tertiary/aromatic N) is 3. The van der Waals surface area contributed by atoms with E-state index in [1.165, 1.54) is 17.4 Å². The topological polar surface area (TPSA) is 157 Å². The fourth-order valence-corrected chi connectivity index (χ4v) is 2.98. The van der Waals surface area contributed by atoms with Gasteiger partial charge in [0.05, 0.1) is 14.5 Å². The minimum absolute atomic E-state index is 0.0538. The average molecular weight is 383 g/mol. The zero-order chi connectivity index (χ0) is 18.6. The SMILES string of the molecule is O=S(O)O.O=[N+]([O-])c1ccc2sc(-c3ccccc3)nc2c1[N+](=O)[O-]. The van der Waals surface area contributed by atoms with E-state index in [4.69, 9.17) is 13.3 Å². The maximum absolute atomic E-state index is 11.2. The zero-order valence-electron chi connectivity index (χ0n) is 12.1. The molecule has 0 fully saturated rings. The fourth-order valence-electron chi connectivity index (χ4n) is 2.00. The molecule has 10 nitrogen and oxygen atoms in total. The van der Waals surface area contributed by atoms with Gasteiger partial charge in [-0.25, -0.2) is 4.98 Å². The smallest absolute Gasteiger partial charge is 0.284 e. The van der Waals surface area contributed by atoms with Gasteiger partial charge in [-0.2, -0.15) is 4.21 Å². The molecule has 0 saturated carbocycles. The Kier molecular flexibility index (Phi) is 5.82. The summed E-state index contributed by atoms with van der Waals surface area (Å²) in [4.78, 5) is 24.8. The van der Waals surface area contributed by atoms with Gasteiger partial charge in [0.15, 0.2) is 5.52 Å². The first-order valence-electron chi connectivity index (χ1n) is 6.39. The molecule has 3 rings (SSSR count). The second kappa shape index (κ2) is 7.85. The van der Waals surface area contributed by atoms with Crippen LogP contribution in [0.1, 0.15) is 0 Å². The third-order valence-corrected chi connectivity index (χ3v) is 3.98. The number of nitro groups is 2. The summed E-state index contributed by atoms with van der Waals surface area (Å²) in [6, 6.07) is 11.8. The summed E-state index contributed by atoms with van der Waals surface area (Å²) in [7, 11) is 0. The lowest BCUT2D eigenvalue weighted by Gasteiger charge is -1.95. The van der Waals surface area contributed by atoms with Gasteiger partial charge in [-0.05, 0) is 6.07 Å². The van der Waals surface area contributed by atoms with E-state index in [9.17, 15) is 20.2 Å². The van der Waals surface area contributed by atoms with Crippen LogP contribution in [0.15, 0.2) is 42.5 Å². The molecule has 1 heterocycles. The summed E-state index contributed by atoms with van der Waals surface area (Å²) < 4.78 is 23.4. The molecule has 0 bridgehead atoms. The van der Waals surface area contributed by atoms with Crippen molar-refractivity contribution in [3.63, 3.8) is 0 Å². The van der Waals surface area contributed by atoms with Gasteiger partial charge in [0, 0.05) is 11.6 Å². The van der Waals surface area contributed by atoms with Crippen molar-refractivity contribution >= 4 is 44.3 Å². The summed E-state index contributed by atoms with van der Waals surface area (Å²) in [5.41, 5.74) is -0.234. The van der Waals surface area contributed by atoms with Gasteiger partial charge < -0.3 is 0 Å². The quantitative estimate of drug-likeness (QED) is 0.395. The Morgan fingerprint density at radius 2 is 1.60 bits per heavy atom. The van der Waals surface area contributed by atoms with Crippen molar-refractivity contribution in [1.82, 2.24) is 4.98 Å². The van der Waals surface area contributed by atoms with Gasteiger partial charge in [-0.1, -0.05) is 30.3 Å². The highest BCUT2D eigenvalue weighted by atomic mass is 32.2. The van der Waals surface area contributed by atoms with E-state index in [0.29, 0.717) is 9.71 Å². The van der Waals surface area contributed by atoms with Crippen molar-refractivity contribution < 1.29 is 23.2 Å². The second-order valence-electron chi connectivity index (χ2n) is 4.41. The highest BCUT2D eigenvalue weighted by Crippen LogP contribution is 2.39. The number of hydrogen-bond donors (Lipinski definition) is 2. The maximum atomic E-state index is 11.2. The van der Waals surface area contributed by atoms with Gasteiger partial charge in [-0.3, -0.25) is 29.3 Å². The molecule has 0 aliphatic rings. The highest BCUT2D eigenvalue weighted by Gasteiger charge is 2.29. The van der Waals surface area contributed by atoms with E-state index in [-0.39, 0.29) is 5.52 Å². The van der Waals surface area contributed by atoms with E-state index >= 15 is 0 Å². The summed E-state index contributed by atoms with van der Waals surface area (Å²) in [6.45, 7) is 0. The molecular weight excluding hydrogens is 374 g/mol. The van der Waals surface area contributed by atoms with Crippen molar-refractivity contribution in [3.05, 3.63) is 62.7 Å². The van der Waals surface area contributed by atoms with Crippen LogP contribution in [-0.2, 0) is 11.4 Å². The number of nitro benzene ring substituents is 2. The fraction of sp³-hybridized carbons (Fsp3) is 0. The monoisotopic (exact) mass is 383 g/mol. The van der Waals surface area contributed by atoms with Crippen molar-refractivity contribution in [2.75, 3.05) is 0 Å². The summed E-state index contributed by atoms with van der Waals surface area (Å²) >= 11 is -1.35. The number of fused-ring (bicyclic) bond motifs is 1. The van der Waals surface area contributed by atoms with Crippen LogP contribution < -0.4 is 0 Å². The molecule has 25 heavy (non-hydrogen) atoms. The van der Waals surface area contributed by atoms with Crippen molar-refractivity contribution in [2.24, 2.45) is 0 Å². The first kappa shape index (κ1) is 18.5. The first-order chi connectivity index (χ1) is 11.8. The van der Waals surface area contributed by atoms with E-state index in [0.717, 1.165) is 11.6 Å². The summed E-state index contributed by atoms with van der Waals surface area (Å²) in [5.74, 6) is 0. The Morgan fingerprint density at radius 1 is 1.00 bits per heavy atom. The molecule has 0 amide bonds. The minimum atomic E-state index is -2.61. The number of aromatic nitrogens is 1. The van der Waals surface area contributed by atoms with E-state index in [2.05, 4.69) is 4.98 Å². The average Bonchev–Trinajstić information content (AvgIpc) is 2.97. The molecule has 0 spiro atoms. The zero-order valence-corrected chi connectivity index (χ0v) is 13.8. The molecule has 0 atom stereocenters. The van der Waals surface area contributed by atoms with Crippen LogP contribution in [0.3, 0.4) is 0 Å². The molecular formula is C13H9N3O7S2. The Hall–Kier alpha value is -2.80. The number of rotatable bonds is 3. The van der Waals surface area contributed by atoms with Gasteiger partial charge >= 0.3 is 11.4 Å². The molecule has 3 aromatic rings. The molecule has 1 aromatic heterocycles. The van der Waals surface area contributed by atoms with Gasteiger partial charge in [0.1, 0.15) is 5.01 Å². The molecule has 130 valence electrons. The first-order valence-corrected chi connectivity index (χ1v) is 8.27. The van der Waals surface area contributed by atoms with Crippen molar-refractivity contribution in [2.45, 2.75) is 0 Å². The van der Waals surface area contributed by atoms with Crippen molar-refractivity contribution in [3.8, 4) is 10.6 Å². The van der Waals surface area contributed by atoms with E-state index < -0.39 is 32.6 Å². The molecule has 2 N–H and O–H groups in total. The highest BCUT2D eigenvalue weighted by molar-refractivity contribution is 7.73. The van der Waals surface area contributed by atoms with E-state index in [1.54, 1.807) is 0 Å².